The van der Waals surface area contributed by atoms with Crippen molar-refractivity contribution in [1.82, 2.24) is 57.0 Å². The lowest BCUT2D eigenvalue weighted by atomic mass is 9.97. The third kappa shape index (κ3) is 21.7. The van der Waals surface area contributed by atoms with E-state index in [0.717, 1.165) is 61.1 Å². The second-order valence-corrected chi connectivity index (χ2v) is 19.4. The summed E-state index contributed by atoms with van der Waals surface area (Å²) in [6.07, 6.45) is 1.68. The van der Waals surface area contributed by atoms with Gasteiger partial charge >= 0.3 is 24.0 Å². The lowest BCUT2D eigenvalue weighted by Crippen LogP contribution is -2.59. The number of amides is 6. The van der Waals surface area contributed by atoms with Crippen molar-refractivity contribution in [2.24, 2.45) is 5.73 Å². The largest absolute Gasteiger partial charge is 0.492 e. The van der Waals surface area contributed by atoms with Crippen LogP contribution < -0.4 is 42.4 Å². The van der Waals surface area contributed by atoms with Gasteiger partial charge in [-0.15, -0.1) is 0 Å². The molecule has 1 aromatic carbocycles. The van der Waals surface area contributed by atoms with Gasteiger partial charge in [-0.05, 0) is 74.7 Å². The molecule has 77 heavy (non-hydrogen) atoms. The first-order valence-corrected chi connectivity index (χ1v) is 26.2. The van der Waals surface area contributed by atoms with Crippen LogP contribution in [0, 0.1) is 12.3 Å². The summed E-state index contributed by atoms with van der Waals surface area (Å²) in [6.45, 7) is 0.212. The number of likely N-dealkylation sites (N-methyl/N-ethyl adjacent to an activating group) is 1. The molecule has 4 aromatic rings. The van der Waals surface area contributed by atoms with Crippen LogP contribution in [0.2, 0.25) is 0 Å². The van der Waals surface area contributed by atoms with E-state index in [2.05, 4.69) is 52.1 Å². The number of hydrogen-bond donors (Lipinski definition) is 12. The topological polar surface area (TPSA) is 413 Å². The number of aryl methyl sites for hydroxylation is 1. The fourth-order valence-electron chi connectivity index (χ4n) is 6.86. The monoisotopic (exact) mass is 1110 g/mol. The van der Waals surface area contributed by atoms with Crippen molar-refractivity contribution in [3.8, 4) is 39.5 Å². The Morgan fingerprint density at radius 3 is 2.25 bits per heavy atom. The van der Waals surface area contributed by atoms with E-state index in [1.54, 1.807) is 18.3 Å². The van der Waals surface area contributed by atoms with Gasteiger partial charge in [-0.2, -0.15) is 5.10 Å². The molecule has 3 aromatic heterocycles. The van der Waals surface area contributed by atoms with Crippen molar-refractivity contribution < 1.29 is 67.9 Å². The molecular formula is C48H61N13O14S2. The average molecular weight is 1110 g/mol. The SMILES string of the molecule is Cc1cccc(-c2c[nH]nc2-c2ccnc(-c3ccc(OCCN(C)C(=O)OCCSSCC(CC(=O)O)(NC(=O)CNC(=O)CNC(=O)C(CCCNC(=N)N)NC(=O)CNC(=O)CCCC(=O)O)C(=O)O)cc3)c2)n1. The Morgan fingerprint density at radius 2 is 1.55 bits per heavy atom. The molecule has 0 aliphatic rings. The number of nitrogens with one attached hydrogen (secondary N) is 8. The zero-order valence-corrected chi connectivity index (χ0v) is 43.7. The molecule has 29 heteroatoms. The van der Waals surface area contributed by atoms with Gasteiger partial charge < -0.3 is 67.3 Å². The maximum atomic E-state index is 13.0. The predicted octanol–water partition coefficient (Wildman–Crippen LogP) is 1.10. The number of carboxylic acids is 3. The van der Waals surface area contributed by atoms with Gasteiger partial charge in [-0.25, -0.2) is 9.59 Å². The van der Waals surface area contributed by atoms with E-state index >= 15 is 0 Å². The Morgan fingerprint density at radius 1 is 0.818 bits per heavy atom. The fraction of sp³-hybridized carbons (Fsp3) is 0.396. The number of rotatable bonds is 33. The van der Waals surface area contributed by atoms with Gasteiger partial charge in [-0.1, -0.05) is 27.7 Å². The van der Waals surface area contributed by atoms with E-state index in [-0.39, 0.29) is 70.1 Å². The standard InChI is InChI=1S/C48H61N13O14S2/c1-29-6-3-7-34(57-29)33-24-56-60-43(33)31-15-17-51-36(22-31)30-11-13-32(14-12-30)74-19-18-61(2)47(73)75-20-21-76-77-28-48(45(71)72,23-42(68)69)59-40(65)27-54-38(63)25-55-44(70)35(8-5-16-52-46(49)50)58-39(64)26-53-37(62)9-4-10-41(66)67/h3,6-7,11-15,17,22,24,35H,4-5,8-10,16,18-21,23,25-28H2,1-2H3,(H,53,62)(H,54,63)(H,55,70)(H,56,60)(H,58,64)(H,59,65)(H,66,67)(H,68,69)(H,71,72)(H4,49,50,52). The minimum Gasteiger partial charge on any atom is -0.492 e. The van der Waals surface area contributed by atoms with E-state index in [1.807, 2.05) is 55.6 Å². The Bertz CT molecular complexity index is 2710. The van der Waals surface area contributed by atoms with Crippen LogP contribution in [0.5, 0.6) is 5.75 Å². The first kappa shape index (κ1) is 61.1. The Labute approximate surface area is 449 Å². The highest BCUT2D eigenvalue weighted by Gasteiger charge is 2.42. The average Bonchev–Trinajstić information content (AvgIpc) is 3.89. The van der Waals surface area contributed by atoms with Crippen LogP contribution in [0.15, 0.2) is 67.0 Å². The molecule has 4 rings (SSSR count). The lowest BCUT2D eigenvalue weighted by Gasteiger charge is -2.28. The van der Waals surface area contributed by atoms with E-state index in [4.69, 9.17) is 25.7 Å². The molecule has 414 valence electrons. The number of ether oxygens (including phenoxy) is 2. The van der Waals surface area contributed by atoms with Crippen LogP contribution in [0.3, 0.4) is 0 Å². The summed E-state index contributed by atoms with van der Waals surface area (Å²) >= 11 is 0. The predicted molar refractivity (Wildman–Crippen MR) is 282 cm³/mol. The number of benzene rings is 1. The van der Waals surface area contributed by atoms with Gasteiger partial charge in [0.15, 0.2) is 11.5 Å². The molecule has 2 unspecified atom stereocenters. The minimum absolute atomic E-state index is 0.0109. The Kier molecular flexibility index (Phi) is 24.9. The third-order valence-corrected chi connectivity index (χ3v) is 13.2. The highest BCUT2D eigenvalue weighted by molar-refractivity contribution is 8.76. The zero-order valence-electron chi connectivity index (χ0n) is 42.0. The van der Waals surface area contributed by atoms with Gasteiger partial charge in [-0.3, -0.25) is 54.0 Å². The summed E-state index contributed by atoms with van der Waals surface area (Å²) in [5.41, 5.74) is 8.66. The first-order valence-electron chi connectivity index (χ1n) is 23.7. The molecule has 0 saturated heterocycles. The molecule has 0 bridgehead atoms. The number of aromatic nitrogens is 4. The number of aliphatic carboxylic acids is 3. The van der Waals surface area contributed by atoms with Gasteiger partial charge in [0.1, 0.15) is 30.7 Å². The Balaban J connectivity index is 1.17. The smallest absolute Gasteiger partial charge is 0.409 e. The van der Waals surface area contributed by atoms with E-state index in [1.165, 1.54) is 11.9 Å². The van der Waals surface area contributed by atoms with Gasteiger partial charge in [0.25, 0.3) is 0 Å². The third-order valence-electron chi connectivity index (χ3n) is 10.8. The van der Waals surface area contributed by atoms with Crippen LogP contribution >= 0.6 is 21.6 Å². The number of H-pyrrole nitrogens is 1. The van der Waals surface area contributed by atoms with Crippen LogP contribution in [0.1, 0.15) is 44.2 Å². The van der Waals surface area contributed by atoms with Crippen LogP contribution in [-0.4, -0.2) is 176 Å². The molecular weight excluding hydrogens is 1050 g/mol. The number of carbonyl (C=O) groups excluding carboxylic acids is 6. The van der Waals surface area contributed by atoms with Crippen molar-refractivity contribution in [1.29, 1.82) is 5.41 Å². The summed E-state index contributed by atoms with van der Waals surface area (Å²) < 4.78 is 11.2. The van der Waals surface area contributed by atoms with E-state index in [0.29, 0.717) is 5.75 Å². The molecule has 0 radical (unpaired) electrons. The molecule has 0 saturated carbocycles. The summed E-state index contributed by atoms with van der Waals surface area (Å²) in [5, 5.41) is 56.9. The lowest BCUT2D eigenvalue weighted by molar-refractivity contribution is -0.152. The van der Waals surface area contributed by atoms with Crippen molar-refractivity contribution in [3.63, 3.8) is 0 Å². The number of nitrogens with two attached hydrogens (primary N) is 1. The summed E-state index contributed by atoms with van der Waals surface area (Å²) in [6, 6.07) is 15.7. The maximum Gasteiger partial charge on any atom is 0.409 e. The number of guanidine groups is 1. The molecule has 13 N–H and O–H groups in total. The second-order valence-electron chi connectivity index (χ2n) is 16.9. The van der Waals surface area contributed by atoms with Crippen LogP contribution in [0.25, 0.3) is 33.8 Å². The molecule has 0 aliphatic carbocycles. The molecule has 27 nitrogen and oxygen atoms in total. The molecule has 6 amide bonds. The fourth-order valence-corrected chi connectivity index (χ4v) is 9.12. The van der Waals surface area contributed by atoms with Gasteiger partial charge in [0.2, 0.25) is 29.5 Å². The van der Waals surface area contributed by atoms with Gasteiger partial charge in [0.05, 0.1) is 44.0 Å². The van der Waals surface area contributed by atoms with E-state index in [9.17, 15) is 53.4 Å². The molecule has 3 heterocycles. The quantitative estimate of drug-likeness (QED) is 0.0138. The highest BCUT2D eigenvalue weighted by Crippen LogP contribution is 2.32. The van der Waals surface area contributed by atoms with E-state index < -0.39 is 96.9 Å². The summed E-state index contributed by atoms with van der Waals surface area (Å²) in [4.78, 5) is 121. The number of pyridine rings is 2. The Hall–Kier alpha value is -8.47. The van der Waals surface area contributed by atoms with Crippen LogP contribution in [-0.2, 0) is 43.1 Å². The molecule has 2 atom stereocenters. The summed E-state index contributed by atoms with van der Waals surface area (Å²) in [5.74, 6) is -8.57. The summed E-state index contributed by atoms with van der Waals surface area (Å²) in [7, 11) is 3.47. The number of carbonyl (C=O) groups is 9. The maximum absolute atomic E-state index is 13.0. The van der Waals surface area contributed by atoms with Crippen molar-refractivity contribution in [2.75, 3.05) is 64.5 Å². The molecule has 0 spiro atoms. The number of nitrogens with zero attached hydrogens (tertiary/aromatic N) is 4. The van der Waals surface area contributed by atoms with Crippen LogP contribution in [0.4, 0.5) is 4.79 Å². The number of carboxylic acid groups (broad SMARTS) is 3. The molecule has 0 aliphatic heterocycles. The molecule has 0 fully saturated rings. The van der Waals surface area contributed by atoms with Crippen molar-refractivity contribution in [3.05, 3.63) is 72.7 Å². The number of hydrogen-bond acceptors (Lipinski definition) is 17. The van der Waals surface area contributed by atoms with Crippen molar-refractivity contribution in [2.45, 2.75) is 57.0 Å². The zero-order chi connectivity index (χ0) is 56.3. The number of aromatic amines is 1. The highest BCUT2D eigenvalue weighted by atomic mass is 33.1. The minimum atomic E-state index is -2.33. The van der Waals surface area contributed by atoms with Crippen molar-refractivity contribution >= 4 is 81.1 Å². The normalized spacial score (nSPS) is 11.9. The first-order chi connectivity index (χ1) is 36.7. The van der Waals surface area contributed by atoms with Gasteiger partial charge in [0, 0.05) is 72.7 Å². The second kappa shape index (κ2) is 31.4.